The minimum absolute atomic E-state index is 0.0643. The number of para-hydroxylation sites is 2. The molecule has 1 aromatic carbocycles. The highest BCUT2D eigenvalue weighted by Crippen LogP contribution is 2.25. The van der Waals surface area contributed by atoms with Gasteiger partial charge in [0.1, 0.15) is 5.76 Å². The lowest BCUT2D eigenvalue weighted by atomic mass is 10.3. The van der Waals surface area contributed by atoms with Crippen LogP contribution in [0.15, 0.2) is 63.9 Å². The summed E-state index contributed by atoms with van der Waals surface area (Å²) in [6.45, 7) is 0.848. The van der Waals surface area contributed by atoms with Crippen LogP contribution in [0.4, 0.5) is 0 Å². The number of carbonyl (C=O) groups excluding carboxylic acids is 1. The number of rotatable bonds is 8. The molecule has 0 aliphatic carbocycles. The molecule has 1 amide bonds. The van der Waals surface area contributed by atoms with Crippen molar-refractivity contribution in [2.75, 3.05) is 13.7 Å². The molecule has 0 bridgehead atoms. The van der Waals surface area contributed by atoms with Gasteiger partial charge in [-0.2, -0.15) is 11.3 Å². The summed E-state index contributed by atoms with van der Waals surface area (Å²) in [4.78, 5) is 14.4. The molecule has 3 rings (SSSR count). The van der Waals surface area contributed by atoms with Crippen LogP contribution < -0.4 is 9.47 Å². The number of ether oxygens (including phenoxy) is 2. The van der Waals surface area contributed by atoms with Crippen LogP contribution in [0.5, 0.6) is 11.5 Å². The molecule has 0 saturated heterocycles. The first-order chi connectivity index (χ1) is 12.3. The third-order valence-corrected chi connectivity index (χ3v) is 4.39. The Labute approximate surface area is 150 Å². The van der Waals surface area contributed by atoms with Gasteiger partial charge < -0.3 is 18.8 Å². The van der Waals surface area contributed by atoms with Crippen LogP contribution in [0.2, 0.25) is 0 Å². The Balaban J connectivity index is 1.67. The second kappa shape index (κ2) is 8.39. The zero-order valence-electron chi connectivity index (χ0n) is 13.9. The molecule has 0 aliphatic heterocycles. The van der Waals surface area contributed by atoms with Gasteiger partial charge in [-0.3, -0.25) is 4.79 Å². The van der Waals surface area contributed by atoms with Crippen LogP contribution in [-0.4, -0.2) is 24.5 Å². The molecule has 6 heteroatoms. The molecule has 0 fully saturated rings. The summed E-state index contributed by atoms with van der Waals surface area (Å²) in [5, 5.41) is 4.03. The number of furan rings is 1. The van der Waals surface area contributed by atoms with Gasteiger partial charge in [-0.15, -0.1) is 0 Å². The van der Waals surface area contributed by atoms with Crippen molar-refractivity contribution in [3.63, 3.8) is 0 Å². The zero-order chi connectivity index (χ0) is 17.5. The fourth-order valence-electron chi connectivity index (χ4n) is 2.39. The van der Waals surface area contributed by atoms with Crippen molar-refractivity contribution < 1.29 is 18.7 Å². The van der Waals surface area contributed by atoms with Crippen LogP contribution in [0.3, 0.4) is 0 Å². The average molecular weight is 357 g/mol. The van der Waals surface area contributed by atoms with E-state index in [0.29, 0.717) is 24.6 Å². The largest absolute Gasteiger partial charge is 0.493 e. The quantitative estimate of drug-likeness (QED) is 0.612. The molecule has 0 atom stereocenters. The first-order valence-electron chi connectivity index (χ1n) is 7.83. The van der Waals surface area contributed by atoms with E-state index in [0.717, 1.165) is 11.3 Å². The van der Waals surface area contributed by atoms with E-state index in [4.69, 9.17) is 13.9 Å². The molecular weight excluding hydrogens is 338 g/mol. The van der Waals surface area contributed by atoms with E-state index < -0.39 is 0 Å². The van der Waals surface area contributed by atoms with Crippen molar-refractivity contribution in [2.45, 2.75) is 13.1 Å². The number of nitrogens with zero attached hydrogens (tertiary/aromatic N) is 1. The number of thiophene rings is 1. The normalized spacial score (nSPS) is 10.4. The second-order valence-corrected chi connectivity index (χ2v) is 6.18. The Hall–Kier alpha value is -2.73. The number of amides is 1. The van der Waals surface area contributed by atoms with E-state index in [1.54, 1.807) is 41.7 Å². The van der Waals surface area contributed by atoms with Crippen molar-refractivity contribution in [3.05, 3.63) is 70.8 Å². The maximum Gasteiger partial charge on any atom is 0.261 e. The van der Waals surface area contributed by atoms with Gasteiger partial charge in [0.05, 0.1) is 19.9 Å². The second-order valence-electron chi connectivity index (χ2n) is 5.40. The molecule has 3 aromatic rings. The Kier molecular flexibility index (Phi) is 5.74. The highest BCUT2D eigenvalue weighted by atomic mass is 32.1. The molecule has 0 saturated carbocycles. The minimum atomic E-state index is -0.117. The van der Waals surface area contributed by atoms with Gasteiger partial charge in [0.25, 0.3) is 5.91 Å². The van der Waals surface area contributed by atoms with Crippen LogP contribution in [-0.2, 0) is 17.9 Å². The van der Waals surface area contributed by atoms with Crippen molar-refractivity contribution in [1.82, 2.24) is 4.90 Å². The standard InChI is InChI=1S/C19H19NO4S/c1-22-17-6-2-3-7-18(17)24-13-19(21)20(11-15-8-10-25-14-15)12-16-5-4-9-23-16/h2-10,14H,11-13H2,1H3. The van der Waals surface area contributed by atoms with Crippen LogP contribution in [0.25, 0.3) is 0 Å². The molecule has 0 radical (unpaired) electrons. The predicted molar refractivity (Wildman–Crippen MR) is 95.8 cm³/mol. The molecule has 0 N–H and O–H groups in total. The zero-order valence-corrected chi connectivity index (χ0v) is 14.7. The third kappa shape index (κ3) is 4.64. The van der Waals surface area contributed by atoms with Crippen LogP contribution in [0.1, 0.15) is 11.3 Å². The maximum atomic E-state index is 12.7. The predicted octanol–water partition coefficient (Wildman–Crippen LogP) is 3.96. The monoisotopic (exact) mass is 357 g/mol. The first kappa shape index (κ1) is 17.1. The van der Waals surface area contributed by atoms with Gasteiger partial charge in [-0.05, 0) is 46.7 Å². The van der Waals surface area contributed by atoms with Gasteiger partial charge in [0.2, 0.25) is 0 Å². The van der Waals surface area contributed by atoms with Crippen molar-refractivity contribution in [2.24, 2.45) is 0 Å². The number of hydrogen-bond donors (Lipinski definition) is 0. The molecule has 2 aromatic heterocycles. The number of hydrogen-bond acceptors (Lipinski definition) is 5. The molecule has 0 unspecified atom stereocenters. The average Bonchev–Trinajstić information content (AvgIpc) is 3.33. The Morgan fingerprint density at radius 2 is 1.96 bits per heavy atom. The van der Waals surface area contributed by atoms with Crippen molar-refractivity contribution in [3.8, 4) is 11.5 Å². The first-order valence-corrected chi connectivity index (χ1v) is 8.77. The van der Waals surface area contributed by atoms with E-state index in [9.17, 15) is 4.79 Å². The highest BCUT2D eigenvalue weighted by Gasteiger charge is 2.17. The minimum Gasteiger partial charge on any atom is -0.493 e. The maximum absolute atomic E-state index is 12.7. The molecular formula is C19H19NO4S. The van der Waals surface area contributed by atoms with E-state index >= 15 is 0 Å². The topological polar surface area (TPSA) is 51.9 Å². The number of carbonyl (C=O) groups is 1. The Morgan fingerprint density at radius 1 is 1.12 bits per heavy atom. The fourth-order valence-corrected chi connectivity index (χ4v) is 3.05. The molecule has 0 spiro atoms. The van der Waals surface area contributed by atoms with Crippen LogP contribution in [0, 0.1) is 0 Å². The lowest BCUT2D eigenvalue weighted by molar-refractivity contribution is -0.134. The van der Waals surface area contributed by atoms with E-state index in [-0.39, 0.29) is 12.5 Å². The highest BCUT2D eigenvalue weighted by molar-refractivity contribution is 7.07. The smallest absolute Gasteiger partial charge is 0.261 e. The molecule has 5 nitrogen and oxygen atoms in total. The summed E-state index contributed by atoms with van der Waals surface area (Å²) < 4.78 is 16.3. The van der Waals surface area contributed by atoms with Crippen molar-refractivity contribution in [1.29, 1.82) is 0 Å². The Bertz CT molecular complexity index is 747. The van der Waals surface area contributed by atoms with Gasteiger partial charge in [-0.1, -0.05) is 12.1 Å². The van der Waals surface area contributed by atoms with E-state index in [1.807, 2.05) is 41.1 Å². The van der Waals surface area contributed by atoms with Gasteiger partial charge in [0, 0.05) is 6.54 Å². The Morgan fingerprint density at radius 3 is 2.64 bits per heavy atom. The van der Waals surface area contributed by atoms with Gasteiger partial charge in [0.15, 0.2) is 18.1 Å². The summed E-state index contributed by atoms with van der Waals surface area (Å²) in [5.41, 5.74) is 1.09. The van der Waals surface area contributed by atoms with E-state index in [1.165, 1.54) is 0 Å². The fraction of sp³-hybridized carbons (Fsp3) is 0.211. The van der Waals surface area contributed by atoms with Gasteiger partial charge in [-0.25, -0.2) is 0 Å². The molecule has 2 heterocycles. The summed E-state index contributed by atoms with van der Waals surface area (Å²) in [6.07, 6.45) is 1.61. The molecule has 25 heavy (non-hydrogen) atoms. The lowest BCUT2D eigenvalue weighted by Crippen LogP contribution is -2.33. The SMILES string of the molecule is COc1ccccc1OCC(=O)N(Cc1ccsc1)Cc1ccco1. The lowest BCUT2D eigenvalue weighted by Gasteiger charge is -2.21. The van der Waals surface area contributed by atoms with E-state index in [2.05, 4.69) is 0 Å². The number of methoxy groups -OCH3 is 1. The number of benzene rings is 1. The summed E-state index contributed by atoms with van der Waals surface area (Å²) in [6, 6.07) is 13.0. The molecule has 0 aliphatic rings. The van der Waals surface area contributed by atoms with Crippen molar-refractivity contribution >= 4 is 17.2 Å². The third-order valence-electron chi connectivity index (χ3n) is 3.65. The summed E-state index contributed by atoms with van der Waals surface area (Å²) in [5.74, 6) is 1.77. The molecule has 130 valence electrons. The van der Waals surface area contributed by atoms with Gasteiger partial charge >= 0.3 is 0 Å². The van der Waals surface area contributed by atoms with Crippen LogP contribution >= 0.6 is 11.3 Å². The summed E-state index contributed by atoms with van der Waals surface area (Å²) in [7, 11) is 1.57. The summed E-state index contributed by atoms with van der Waals surface area (Å²) >= 11 is 1.61.